The van der Waals surface area contributed by atoms with Gasteiger partial charge in [0, 0.05) is 18.4 Å². The lowest BCUT2D eigenvalue weighted by molar-refractivity contribution is -0.368. The van der Waals surface area contributed by atoms with Crippen LogP contribution in [0.25, 0.3) is 0 Å². The van der Waals surface area contributed by atoms with Crippen molar-refractivity contribution in [3.05, 3.63) is 11.1 Å². The number of ether oxygens (including phenoxy) is 2. The Balaban J connectivity index is 2.09. The minimum atomic E-state index is -1.26. The molecule has 1 saturated heterocycles. The fourth-order valence-corrected chi connectivity index (χ4v) is 9.57. The van der Waals surface area contributed by atoms with E-state index in [-0.39, 0.29) is 46.4 Å². The first kappa shape index (κ1) is 24.4. The number of aliphatic hydroxyl groups is 2. The van der Waals surface area contributed by atoms with Gasteiger partial charge in [-0.1, -0.05) is 48.5 Å². The van der Waals surface area contributed by atoms with Gasteiger partial charge < -0.3 is 19.7 Å². The summed E-state index contributed by atoms with van der Waals surface area (Å²) in [6, 6.07) is 0. The number of carbonyl (C=O) groups is 1. The van der Waals surface area contributed by atoms with E-state index in [1.54, 1.807) is 7.11 Å². The molecule has 3 fully saturated rings. The second kappa shape index (κ2) is 6.68. The molecule has 2 bridgehead atoms. The fraction of sp³-hybridized carbons (Fsp3) is 0.889. The lowest BCUT2D eigenvalue weighted by Gasteiger charge is -2.75. The summed E-state index contributed by atoms with van der Waals surface area (Å²) in [7, 11) is 1.68. The summed E-state index contributed by atoms with van der Waals surface area (Å²) in [6.07, 6.45) is -2.32. The van der Waals surface area contributed by atoms with E-state index in [0.717, 1.165) is 5.57 Å². The molecule has 0 radical (unpaired) electrons. The van der Waals surface area contributed by atoms with Gasteiger partial charge in [-0.05, 0) is 60.5 Å². The molecule has 0 spiro atoms. The quantitative estimate of drug-likeness (QED) is 0.593. The van der Waals surface area contributed by atoms with E-state index in [4.69, 9.17) is 9.47 Å². The first-order chi connectivity index (χ1) is 14.5. The van der Waals surface area contributed by atoms with E-state index in [1.807, 2.05) is 13.8 Å². The SMILES string of the molecule is COC1C(C)C2(C)OCC2(C)C2C(C)C3(C)C(C)C(O)C(C)=C(C(O)C(=O)C12C)C3(C)C. The van der Waals surface area contributed by atoms with Gasteiger partial charge in [-0.25, -0.2) is 0 Å². The van der Waals surface area contributed by atoms with Crippen LogP contribution >= 0.6 is 0 Å². The van der Waals surface area contributed by atoms with Crippen molar-refractivity contribution < 1.29 is 24.5 Å². The number of fused-ring (bicyclic) bond motifs is 5. The van der Waals surface area contributed by atoms with Crippen LogP contribution in [0.4, 0.5) is 0 Å². The topological polar surface area (TPSA) is 76.0 Å². The van der Waals surface area contributed by atoms with Crippen LogP contribution in [0.3, 0.4) is 0 Å². The highest BCUT2D eigenvalue weighted by Crippen LogP contribution is 2.73. The third kappa shape index (κ3) is 2.23. The molecule has 3 aliphatic carbocycles. The Labute approximate surface area is 193 Å². The summed E-state index contributed by atoms with van der Waals surface area (Å²) < 4.78 is 12.4. The lowest BCUT2D eigenvalue weighted by atomic mass is 9.34. The van der Waals surface area contributed by atoms with Gasteiger partial charge in [0.15, 0.2) is 5.78 Å². The minimum Gasteiger partial charge on any atom is -0.388 e. The molecule has 1 heterocycles. The number of hydrogen-bond donors (Lipinski definition) is 2. The molecular formula is C27H44O5. The van der Waals surface area contributed by atoms with Crippen LogP contribution in [0, 0.1) is 45.3 Å². The first-order valence-electron chi connectivity index (χ1n) is 12.3. The van der Waals surface area contributed by atoms with Crippen LogP contribution in [0.15, 0.2) is 11.1 Å². The molecule has 5 nitrogen and oxygen atoms in total. The van der Waals surface area contributed by atoms with Crippen molar-refractivity contribution in [2.75, 3.05) is 13.7 Å². The lowest BCUT2D eigenvalue weighted by Crippen LogP contribution is -2.80. The Bertz CT molecular complexity index is 877. The van der Waals surface area contributed by atoms with E-state index in [9.17, 15) is 15.0 Å². The Hall–Kier alpha value is -0.750. The van der Waals surface area contributed by atoms with Gasteiger partial charge in [-0.3, -0.25) is 4.79 Å². The molecule has 182 valence electrons. The maximum atomic E-state index is 14.4. The number of methoxy groups -OCH3 is 1. The predicted molar refractivity (Wildman–Crippen MR) is 124 cm³/mol. The molecule has 32 heavy (non-hydrogen) atoms. The largest absolute Gasteiger partial charge is 0.388 e. The Morgan fingerprint density at radius 1 is 0.969 bits per heavy atom. The third-order valence-electron chi connectivity index (χ3n) is 12.1. The summed E-state index contributed by atoms with van der Waals surface area (Å²) in [5.74, 6) is -0.207. The van der Waals surface area contributed by atoms with Crippen molar-refractivity contribution in [2.45, 2.75) is 93.2 Å². The number of rotatable bonds is 1. The summed E-state index contributed by atoms with van der Waals surface area (Å²) in [6.45, 7) is 22.0. The molecule has 0 aromatic carbocycles. The van der Waals surface area contributed by atoms with Crippen molar-refractivity contribution in [3.63, 3.8) is 0 Å². The van der Waals surface area contributed by atoms with Crippen LogP contribution in [0.5, 0.6) is 0 Å². The molecule has 4 rings (SSSR count). The summed E-state index contributed by atoms with van der Waals surface area (Å²) in [5.41, 5.74) is -0.910. The highest BCUT2D eigenvalue weighted by Gasteiger charge is 2.77. The monoisotopic (exact) mass is 448 g/mol. The number of carbonyl (C=O) groups excluding carboxylic acids is 1. The van der Waals surface area contributed by atoms with Crippen LogP contribution in [-0.2, 0) is 14.3 Å². The Morgan fingerprint density at radius 3 is 2.00 bits per heavy atom. The van der Waals surface area contributed by atoms with Gasteiger partial charge in [-0.15, -0.1) is 0 Å². The molecule has 0 aromatic rings. The predicted octanol–water partition coefficient (Wildman–Crippen LogP) is 4.01. The number of hydrogen-bond acceptors (Lipinski definition) is 5. The van der Waals surface area contributed by atoms with Crippen LogP contribution in [0.1, 0.15) is 69.2 Å². The van der Waals surface area contributed by atoms with Crippen molar-refractivity contribution in [3.8, 4) is 0 Å². The average molecular weight is 449 g/mol. The van der Waals surface area contributed by atoms with Crippen LogP contribution in [0.2, 0.25) is 0 Å². The second-order valence-electron chi connectivity index (χ2n) is 12.8. The van der Waals surface area contributed by atoms with Crippen LogP contribution < -0.4 is 0 Å². The molecule has 0 amide bonds. The molecule has 5 heteroatoms. The maximum absolute atomic E-state index is 14.4. The molecule has 4 aliphatic rings. The highest BCUT2D eigenvalue weighted by molar-refractivity contribution is 5.93. The zero-order chi connectivity index (χ0) is 24.4. The Morgan fingerprint density at radius 2 is 1.53 bits per heavy atom. The van der Waals surface area contributed by atoms with Gasteiger partial charge in [-0.2, -0.15) is 0 Å². The Kier molecular flexibility index (Phi) is 5.09. The first-order valence-corrected chi connectivity index (χ1v) is 12.3. The van der Waals surface area contributed by atoms with Gasteiger partial charge >= 0.3 is 0 Å². The van der Waals surface area contributed by atoms with Crippen molar-refractivity contribution in [2.24, 2.45) is 45.3 Å². The van der Waals surface area contributed by atoms with E-state index < -0.39 is 28.6 Å². The second-order valence-corrected chi connectivity index (χ2v) is 12.8. The smallest absolute Gasteiger partial charge is 0.174 e. The van der Waals surface area contributed by atoms with E-state index in [2.05, 4.69) is 55.4 Å². The van der Waals surface area contributed by atoms with Gasteiger partial charge in [0.05, 0.1) is 29.8 Å². The van der Waals surface area contributed by atoms with E-state index in [1.165, 1.54) is 0 Å². The zero-order valence-electron chi connectivity index (χ0n) is 21.9. The summed E-state index contributed by atoms with van der Waals surface area (Å²) in [4.78, 5) is 14.4. The van der Waals surface area contributed by atoms with Crippen molar-refractivity contribution in [1.82, 2.24) is 0 Å². The van der Waals surface area contributed by atoms with Gasteiger partial charge in [0.25, 0.3) is 0 Å². The molecular weight excluding hydrogens is 404 g/mol. The van der Waals surface area contributed by atoms with Crippen molar-refractivity contribution >= 4 is 5.78 Å². The molecule has 2 N–H and O–H groups in total. The zero-order valence-corrected chi connectivity index (χ0v) is 21.9. The van der Waals surface area contributed by atoms with Crippen molar-refractivity contribution in [1.29, 1.82) is 0 Å². The van der Waals surface area contributed by atoms with E-state index in [0.29, 0.717) is 12.2 Å². The standard InChI is InChI=1S/C27H44O5/c1-13-17-19(29)21(30)25(8)20(15(3)26(9,23(17,5)6)14(2)18(13)28)24(7)12-32-27(24,10)16(4)22(25)31-11/h14-16,18-20,22,28-29H,12H2,1-11H3. The van der Waals surface area contributed by atoms with Gasteiger partial charge in [0.2, 0.25) is 0 Å². The summed E-state index contributed by atoms with van der Waals surface area (Å²) >= 11 is 0. The fourth-order valence-electron chi connectivity index (χ4n) is 9.57. The number of ketones is 1. The minimum absolute atomic E-state index is 0.00553. The maximum Gasteiger partial charge on any atom is 0.174 e. The van der Waals surface area contributed by atoms with Gasteiger partial charge in [0.1, 0.15) is 6.10 Å². The number of Topliss-reactive ketones (excluding diaryl/α,β-unsaturated/α-hetero) is 1. The average Bonchev–Trinajstić information content (AvgIpc) is 2.73. The number of aliphatic hydroxyl groups excluding tert-OH is 2. The molecule has 2 saturated carbocycles. The summed E-state index contributed by atoms with van der Waals surface area (Å²) in [5, 5.41) is 23.0. The normalized spacial score (nSPS) is 57.2. The van der Waals surface area contributed by atoms with E-state index >= 15 is 0 Å². The molecule has 11 unspecified atom stereocenters. The molecule has 1 aliphatic heterocycles. The van der Waals surface area contributed by atoms with Crippen LogP contribution in [-0.4, -0.2) is 53.6 Å². The molecule has 11 atom stereocenters. The third-order valence-corrected chi connectivity index (χ3v) is 12.1. The highest BCUT2D eigenvalue weighted by atomic mass is 16.5. The molecule has 0 aromatic heterocycles.